The van der Waals surface area contributed by atoms with Crippen molar-refractivity contribution in [1.29, 1.82) is 0 Å². The smallest absolute Gasteiger partial charge is 0.0990 e. The van der Waals surface area contributed by atoms with Crippen molar-refractivity contribution in [3.8, 4) is 0 Å². The molecule has 5 unspecified atom stereocenters. The molecule has 1 N–H and O–H groups in total. The third-order valence-electron chi connectivity index (χ3n) is 4.65. The number of ether oxygens (including phenoxy) is 2. The van der Waals surface area contributed by atoms with Gasteiger partial charge in [-0.25, -0.2) is 0 Å². The first kappa shape index (κ1) is 15.3. The Balaban J connectivity index is 1.79. The van der Waals surface area contributed by atoms with Gasteiger partial charge in [0, 0.05) is 12.6 Å². The topological polar surface area (TPSA) is 30.5 Å². The van der Waals surface area contributed by atoms with Gasteiger partial charge in [0.2, 0.25) is 0 Å². The highest BCUT2D eigenvalue weighted by molar-refractivity contribution is 4.98. The Bertz CT molecular complexity index is 259. The van der Waals surface area contributed by atoms with E-state index < -0.39 is 0 Å². The van der Waals surface area contributed by atoms with Crippen LogP contribution in [-0.2, 0) is 9.47 Å². The van der Waals surface area contributed by atoms with E-state index in [1.54, 1.807) is 0 Å². The van der Waals surface area contributed by atoms with Gasteiger partial charge in [0.15, 0.2) is 0 Å². The van der Waals surface area contributed by atoms with Crippen LogP contribution in [0, 0.1) is 5.92 Å². The highest BCUT2D eigenvalue weighted by Crippen LogP contribution is 2.34. The predicted molar refractivity (Wildman–Crippen MR) is 78.4 cm³/mol. The van der Waals surface area contributed by atoms with Crippen molar-refractivity contribution in [1.82, 2.24) is 5.32 Å². The lowest BCUT2D eigenvalue weighted by Crippen LogP contribution is -2.61. The molecule has 0 aromatic heterocycles. The summed E-state index contributed by atoms with van der Waals surface area (Å²) in [5, 5.41) is 3.58. The minimum absolute atomic E-state index is 0.269. The van der Waals surface area contributed by atoms with Crippen LogP contribution in [0.1, 0.15) is 59.3 Å². The summed E-state index contributed by atoms with van der Waals surface area (Å²) in [7, 11) is 0. The molecule has 0 aliphatic heterocycles. The fourth-order valence-corrected chi connectivity index (χ4v) is 3.37. The summed E-state index contributed by atoms with van der Waals surface area (Å²) in [5.41, 5.74) is 0. The largest absolute Gasteiger partial charge is 0.374 e. The highest BCUT2D eigenvalue weighted by Gasteiger charge is 2.44. The molecule has 2 saturated carbocycles. The van der Waals surface area contributed by atoms with E-state index in [9.17, 15) is 0 Å². The van der Waals surface area contributed by atoms with Crippen LogP contribution < -0.4 is 5.32 Å². The molecule has 2 fully saturated rings. The summed E-state index contributed by atoms with van der Waals surface area (Å²) >= 11 is 0. The first-order chi connectivity index (χ1) is 9.26. The third-order valence-corrected chi connectivity index (χ3v) is 4.65. The molecule has 0 bridgehead atoms. The van der Waals surface area contributed by atoms with E-state index in [0.717, 1.165) is 25.5 Å². The molecule has 0 amide bonds. The molecule has 0 saturated heterocycles. The quantitative estimate of drug-likeness (QED) is 0.770. The summed E-state index contributed by atoms with van der Waals surface area (Å²) in [6, 6.07) is 0.504. The number of nitrogens with one attached hydrogen (secondary N) is 1. The van der Waals surface area contributed by atoms with Crippen LogP contribution >= 0.6 is 0 Å². The van der Waals surface area contributed by atoms with E-state index in [2.05, 4.69) is 26.1 Å². The van der Waals surface area contributed by atoms with Gasteiger partial charge in [-0.15, -0.1) is 0 Å². The Morgan fingerprint density at radius 3 is 2.58 bits per heavy atom. The summed E-state index contributed by atoms with van der Waals surface area (Å²) in [5.74, 6) is 0.721. The number of hydrogen-bond donors (Lipinski definition) is 1. The zero-order valence-corrected chi connectivity index (χ0v) is 12.9. The zero-order valence-electron chi connectivity index (χ0n) is 12.9. The molecule has 3 heteroatoms. The molecule has 2 aliphatic rings. The first-order valence-corrected chi connectivity index (χ1v) is 8.26. The maximum Gasteiger partial charge on any atom is 0.0990 e. The van der Waals surface area contributed by atoms with Crippen molar-refractivity contribution < 1.29 is 9.47 Å². The van der Waals surface area contributed by atoms with E-state index in [4.69, 9.17) is 9.47 Å². The monoisotopic (exact) mass is 269 g/mol. The fraction of sp³-hybridized carbons (Fsp3) is 1.00. The van der Waals surface area contributed by atoms with Crippen LogP contribution in [0.25, 0.3) is 0 Å². The van der Waals surface area contributed by atoms with Gasteiger partial charge in [-0.2, -0.15) is 0 Å². The van der Waals surface area contributed by atoms with Gasteiger partial charge in [-0.05, 0) is 45.1 Å². The molecule has 0 aromatic carbocycles. The normalized spacial score (nSPS) is 39.0. The zero-order chi connectivity index (χ0) is 13.7. The molecule has 2 rings (SSSR count). The van der Waals surface area contributed by atoms with Crippen molar-refractivity contribution in [2.24, 2.45) is 5.92 Å². The van der Waals surface area contributed by atoms with Gasteiger partial charge in [-0.1, -0.05) is 26.7 Å². The summed E-state index contributed by atoms with van der Waals surface area (Å²) < 4.78 is 12.2. The lowest BCUT2D eigenvalue weighted by Gasteiger charge is -2.47. The van der Waals surface area contributed by atoms with E-state index in [1.807, 2.05) is 0 Å². The highest BCUT2D eigenvalue weighted by atomic mass is 16.6. The predicted octanol–water partition coefficient (Wildman–Crippen LogP) is 3.13. The van der Waals surface area contributed by atoms with E-state index >= 15 is 0 Å². The van der Waals surface area contributed by atoms with Crippen LogP contribution in [0.5, 0.6) is 0 Å². The van der Waals surface area contributed by atoms with Gasteiger partial charge < -0.3 is 14.8 Å². The second-order valence-electron chi connectivity index (χ2n) is 6.19. The van der Waals surface area contributed by atoms with E-state index in [-0.39, 0.29) is 6.10 Å². The first-order valence-electron chi connectivity index (χ1n) is 8.26. The van der Waals surface area contributed by atoms with Crippen molar-refractivity contribution in [2.75, 3.05) is 13.2 Å². The molecule has 2 aliphatic carbocycles. The van der Waals surface area contributed by atoms with Crippen LogP contribution in [0.3, 0.4) is 0 Å². The molecule has 3 nitrogen and oxygen atoms in total. The van der Waals surface area contributed by atoms with Gasteiger partial charge in [0.1, 0.15) is 0 Å². The Labute approximate surface area is 118 Å². The van der Waals surface area contributed by atoms with Crippen LogP contribution in [0.4, 0.5) is 0 Å². The van der Waals surface area contributed by atoms with E-state index in [1.165, 1.54) is 32.1 Å². The molecular weight excluding hydrogens is 238 g/mol. The molecule has 19 heavy (non-hydrogen) atoms. The van der Waals surface area contributed by atoms with Crippen molar-refractivity contribution in [3.05, 3.63) is 0 Å². The second-order valence-corrected chi connectivity index (χ2v) is 6.19. The second kappa shape index (κ2) is 7.61. The summed E-state index contributed by atoms with van der Waals surface area (Å²) in [6.45, 7) is 8.50. The van der Waals surface area contributed by atoms with Crippen molar-refractivity contribution in [2.45, 2.75) is 83.6 Å². The third kappa shape index (κ3) is 3.93. The lowest BCUT2D eigenvalue weighted by molar-refractivity contribution is -0.179. The molecule has 5 atom stereocenters. The van der Waals surface area contributed by atoms with Crippen molar-refractivity contribution in [3.63, 3.8) is 0 Å². The minimum atomic E-state index is 0.269. The van der Waals surface area contributed by atoms with Gasteiger partial charge in [-0.3, -0.25) is 0 Å². The van der Waals surface area contributed by atoms with Gasteiger partial charge in [0.05, 0.1) is 18.3 Å². The SMILES string of the molecule is CCCNC1CC(OC2CCCCC2C)C1OCC. The Morgan fingerprint density at radius 1 is 1.11 bits per heavy atom. The van der Waals surface area contributed by atoms with Crippen LogP contribution in [0.2, 0.25) is 0 Å². The van der Waals surface area contributed by atoms with Crippen LogP contribution in [-0.4, -0.2) is 37.5 Å². The maximum atomic E-state index is 6.35. The van der Waals surface area contributed by atoms with Gasteiger partial charge in [0.25, 0.3) is 0 Å². The lowest BCUT2D eigenvalue weighted by atomic mass is 9.83. The molecule has 0 aromatic rings. The minimum Gasteiger partial charge on any atom is -0.374 e. The fourth-order valence-electron chi connectivity index (χ4n) is 3.37. The van der Waals surface area contributed by atoms with Crippen LogP contribution in [0.15, 0.2) is 0 Å². The average molecular weight is 269 g/mol. The summed E-state index contributed by atoms with van der Waals surface area (Å²) in [4.78, 5) is 0. The Hall–Kier alpha value is -0.120. The molecule has 112 valence electrons. The summed E-state index contributed by atoms with van der Waals surface area (Å²) in [6.07, 6.45) is 8.63. The molecule has 0 spiro atoms. The van der Waals surface area contributed by atoms with Gasteiger partial charge >= 0.3 is 0 Å². The number of rotatable bonds is 7. The standard InChI is InChI=1S/C16H31NO2/c1-4-10-17-13-11-15(16(13)18-5-2)19-14-9-7-6-8-12(14)3/h12-17H,4-11H2,1-3H3. The maximum absolute atomic E-state index is 6.35. The molecule has 0 radical (unpaired) electrons. The molecular formula is C16H31NO2. The van der Waals surface area contributed by atoms with Crippen molar-refractivity contribution >= 4 is 0 Å². The Morgan fingerprint density at radius 2 is 1.89 bits per heavy atom. The number of hydrogen-bond acceptors (Lipinski definition) is 3. The average Bonchev–Trinajstić information content (AvgIpc) is 2.41. The Kier molecular flexibility index (Phi) is 6.11. The molecule has 0 heterocycles. The van der Waals surface area contributed by atoms with E-state index in [0.29, 0.717) is 18.2 Å².